The molecule has 3 rings (SSSR count). The Morgan fingerprint density at radius 2 is 1.59 bits per heavy atom. The summed E-state index contributed by atoms with van der Waals surface area (Å²) in [5.41, 5.74) is 2.24. The van der Waals surface area contributed by atoms with Crippen molar-refractivity contribution >= 4 is 33.2 Å². The second-order valence-electron chi connectivity index (χ2n) is 8.04. The van der Waals surface area contributed by atoms with Gasteiger partial charge in [0.2, 0.25) is 21.8 Å². The number of nitrogens with one attached hydrogen (secondary N) is 2. The maximum atomic E-state index is 13.3. The Bertz CT molecular complexity index is 1200. The minimum absolute atomic E-state index is 0.00105. The number of rotatable bonds is 10. The van der Waals surface area contributed by atoms with E-state index in [0.29, 0.717) is 23.1 Å². The smallest absolute Gasteiger partial charge is 0.243 e. The van der Waals surface area contributed by atoms with E-state index in [-0.39, 0.29) is 17.3 Å². The molecule has 9 heteroatoms. The van der Waals surface area contributed by atoms with Crippen LogP contribution in [0.5, 0.6) is 0 Å². The molecule has 0 aliphatic heterocycles. The Morgan fingerprint density at radius 3 is 2.15 bits per heavy atom. The van der Waals surface area contributed by atoms with E-state index in [1.54, 1.807) is 12.1 Å². The molecule has 0 aliphatic carbocycles. The van der Waals surface area contributed by atoms with Crippen LogP contribution in [-0.2, 0) is 26.2 Å². The lowest BCUT2D eigenvalue weighted by atomic mass is 9.99. The maximum absolute atomic E-state index is 13.3. The zero-order chi connectivity index (χ0) is 24.7. The van der Waals surface area contributed by atoms with Crippen molar-refractivity contribution in [2.75, 3.05) is 17.2 Å². The second-order valence-corrected chi connectivity index (χ2v) is 9.98. The average Bonchev–Trinajstić information content (AvgIpc) is 3.32. The summed E-state index contributed by atoms with van der Waals surface area (Å²) >= 11 is 0. The normalized spacial score (nSPS) is 12.4. The van der Waals surface area contributed by atoms with E-state index < -0.39 is 22.5 Å². The van der Waals surface area contributed by atoms with Gasteiger partial charge in [-0.3, -0.25) is 9.59 Å². The highest BCUT2D eigenvalue weighted by Gasteiger charge is 2.28. The van der Waals surface area contributed by atoms with Gasteiger partial charge in [-0.1, -0.05) is 26.0 Å². The van der Waals surface area contributed by atoms with E-state index in [2.05, 4.69) is 24.5 Å². The van der Waals surface area contributed by atoms with Crippen LogP contribution >= 0.6 is 0 Å². The third kappa shape index (κ3) is 6.55. The standard InChI is InChI=1S/C25H29N3O5S/c1-4-18(2)20-7-9-22(10-8-20)27-25(30)17-28(16-23-6-5-15-33-23)34(31,32)24-13-11-21(12-14-24)26-19(3)29/h5-15,18H,4,16-17H2,1-3H3,(H,26,29)(H,27,30). The van der Waals surface area contributed by atoms with Gasteiger partial charge >= 0.3 is 0 Å². The summed E-state index contributed by atoms with van der Waals surface area (Å²) in [6, 6.07) is 16.6. The van der Waals surface area contributed by atoms with Crippen molar-refractivity contribution in [2.45, 2.75) is 44.6 Å². The maximum Gasteiger partial charge on any atom is 0.243 e. The second kappa shape index (κ2) is 11.1. The van der Waals surface area contributed by atoms with Gasteiger partial charge in [0.25, 0.3) is 0 Å². The Morgan fingerprint density at radius 1 is 0.971 bits per heavy atom. The number of carbonyl (C=O) groups is 2. The number of amides is 2. The summed E-state index contributed by atoms with van der Waals surface area (Å²) in [4.78, 5) is 24.0. The Kier molecular flexibility index (Phi) is 8.25. The number of hydrogen-bond donors (Lipinski definition) is 2. The predicted octanol–water partition coefficient (Wildman–Crippen LogP) is 4.58. The fourth-order valence-electron chi connectivity index (χ4n) is 3.36. The molecule has 0 saturated heterocycles. The quantitative estimate of drug-likeness (QED) is 0.439. The number of nitrogens with zero attached hydrogens (tertiary/aromatic N) is 1. The summed E-state index contributed by atoms with van der Waals surface area (Å²) in [6.07, 6.45) is 2.46. The number of sulfonamides is 1. The molecule has 0 radical (unpaired) electrons. The molecule has 1 unspecified atom stereocenters. The van der Waals surface area contributed by atoms with E-state index in [1.165, 1.54) is 43.0 Å². The summed E-state index contributed by atoms with van der Waals surface area (Å²) in [5.74, 6) is 0.0880. The number of hydrogen-bond acceptors (Lipinski definition) is 5. The SMILES string of the molecule is CCC(C)c1ccc(NC(=O)CN(Cc2ccco2)S(=O)(=O)c2ccc(NC(C)=O)cc2)cc1. The van der Waals surface area contributed by atoms with E-state index >= 15 is 0 Å². The minimum Gasteiger partial charge on any atom is -0.468 e. The molecular formula is C25H29N3O5S. The Labute approximate surface area is 200 Å². The number of benzene rings is 2. The Hall–Kier alpha value is -3.43. The molecule has 2 N–H and O–H groups in total. The van der Waals surface area contributed by atoms with E-state index in [4.69, 9.17) is 4.42 Å². The summed E-state index contributed by atoms with van der Waals surface area (Å²) < 4.78 is 33.1. The van der Waals surface area contributed by atoms with Gasteiger partial charge in [-0.05, 0) is 66.4 Å². The van der Waals surface area contributed by atoms with Gasteiger partial charge in [0.1, 0.15) is 5.76 Å². The van der Waals surface area contributed by atoms with Crippen LogP contribution in [0.15, 0.2) is 76.2 Å². The number of furan rings is 1. The molecule has 2 aromatic carbocycles. The zero-order valence-electron chi connectivity index (χ0n) is 19.4. The molecule has 180 valence electrons. The van der Waals surface area contributed by atoms with Crippen molar-refractivity contribution in [3.05, 3.63) is 78.3 Å². The highest BCUT2D eigenvalue weighted by molar-refractivity contribution is 7.89. The molecule has 0 bridgehead atoms. The molecule has 0 aliphatic rings. The van der Waals surface area contributed by atoms with Crippen molar-refractivity contribution in [1.29, 1.82) is 0 Å². The lowest BCUT2D eigenvalue weighted by Gasteiger charge is -2.21. The summed E-state index contributed by atoms with van der Waals surface area (Å²) in [7, 11) is -4.03. The molecule has 0 saturated carbocycles. The van der Waals surface area contributed by atoms with Gasteiger partial charge in [0.15, 0.2) is 0 Å². The van der Waals surface area contributed by atoms with Crippen molar-refractivity contribution in [2.24, 2.45) is 0 Å². The van der Waals surface area contributed by atoms with Crippen molar-refractivity contribution in [3.8, 4) is 0 Å². The molecule has 34 heavy (non-hydrogen) atoms. The molecule has 3 aromatic rings. The fourth-order valence-corrected chi connectivity index (χ4v) is 4.72. The fraction of sp³-hybridized carbons (Fsp3) is 0.280. The molecule has 0 fully saturated rings. The lowest BCUT2D eigenvalue weighted by molar-refractivity contribution is -0.116. The van der Waals surface area contributed by atoms with E-state index in [1.807, 2.05) is 24.3 Å². The minimum atomic E-state index is -4.03. The van der Waals surface area contributed by atoms with Gasteiger partial charge in [0.05, 0.1) is 24.2 Å². The van der Waals surface area contributed by atoms with Crippen molar-refractivity contribution < 1.29 is 22.4 Å². The first-order chi connectivity index (χ1) is 16.2. The van der Waals surface area contributed by atoms with Crippen molar-refractivity contribution in [1.82, 2.24) is 4.31 Å². The first-order valence-electron chi connectivity index (χ1n) is 11.0. The van der Waals surface area contributed by atoms with E-state index in [0.717, 1.165) is 10.7 Å². The molecule has 8 nitrogen and oxygen atoms in total. The third-order valence-electron chi connectivity index (χ3n) is 5.42. The zero-order valence-corrected chi connectivity index (χ0v) is 20.3. The molecule has 2 amide bonds. The molecular weight excluding hydrogens is 454 g/mol. The lowest BCUT2D eigenvalue weighted by Crippen LogP contribution is -2.37. The van der Waals surface area contributed by atoms with Crippen LogP contribution in [0.2, 0.25) is 0 Å². The van der Waals surface area contributed by atoms with Crippen LogP contribution in [0.4, 0.5) is 11.4 Å². The average molecular weight is 484 g/mol. The van der Waals surface area contributed by atoms with Gasteiger partial charge in [0, 0.05) is 18.3 Å². The van der Waals surface area contributed by atoms with Crippen LogP contribution in [-0.4, -0.2) is 31.1 Å². The summed E-state index contributed by atoms with van der Waals surface area (Å²) in [5, 5.41) is 5.36. The predicted molar refractivity (Wildman–Crippen MR) is 131 cm³/mol. The largest absolute Gasteiger partial charge is 0.468 e. The molecule has 1 atom stereocenters. The van der Waals surface area contributed by atoms with Gasteiger partial charge in [-0.15, -0.1) is 0 Å². The van der Waals surface area contributed by atoms with Crippen LogP contribution < -0.4 is 10.6 Å². The first kappa shape index (κ1) is 25.2. The van der Waals surface area contributed by atoms with Crippen LogP contribution in [0.3, 0.4) is 0 Å². The summed E-state index contributed by atoms with van der Waals surface area (Å²) in [6.45, 7) is 5.11. The third-order valence-corrected chi connectivity index (χ3v) is 7.23. The highest BCUT2D eigenvalue weighted by atomic mass is 32.2. The topological polar surface area (TPSA) is 109 Å². The molecule has 1 heterocycles. The first-order valence-corrected chi connectivity index (χ1v) is 12.4. The molecule has 0 spiro atoms. The Balaban J connectivity index is 1.78. The van der Waals surface area contributed by atoms with Gasteiger partial charge in [-0.2, -0.15) is 4.31 Å². The van der Waals surface area contributed by atoms with Gasteiger partial charge in [-0.25, -0.2) is 8.42 Å². The number of carbonyl (C=O) groups excluding carboxylic acids is 2. The van der Waals surface area contributed by atoms with Crippen LogP contribution in [0.25, 0.3) is 0 Å². The number of anilines is 2. The van der Waals surface area contributed by atoms with Crippen molar-refractivity contribution in [3.63, 3.8) is 0 Å². The molecule has 1 aromatic heterocycles. The highest BCUT2D eigenvalue weighted by Crippen LogP contribution is 2.22. The van der Waals surface area contributed by atoms with Crippen LogP contribution in [0.1, 0.15) is 44.4 Å². The van der Waals surface area contributed by atoms with E-state index in [9.17, 15) is 18.0 Å². The monoisotopic (exact) mass is 483 g/mol. The van der Waals surface area contributed by atoms with Crippen LogP contribution in [0, 0.1) is 0 Å². The van der Waals surface area contributed by atoms with Gasteiger partial charge < -0.3 is 15.1 Å².